The van der Waals surface area contributed by atoms with Crippen LogP contribution >= 0.6 is 0 Å². The summed E-state index contributed by atoms with van der Waals surface area (Å²) in [6.07, 6.45) is 4.39. The van der Waals surface area contributed by atoms with Gasteiger partial charge in [-0.3, -0.25) is 4.79 Å². The lowest BCUT2D eigenvalue weighted by atomic mass is 9.99. The smallest absolute Gasteiger partial charge is 0.336 e. The van der Waals surface area contributed by atoms with Gasteiger partial charge in [0.05, 0.1) is 16.8 Å². The molecule has 6 nitrogen and oxygen atoms in total. The summed E-state index contributed by atoms with van der Waals surface area (Å²) >= 11 is 0. The second-order valence-corrected chi connectivity index (χ2v) is 9.06. The molecule has 1 aromatic heterocycles. The number of aryl methyl sites for hydroxylation is 1. The number of fused-ring (bicyclic) bond motifs is 1. The molecule has 2 heterocycles. The molecule has 3 aromatic carbocycles. The molecule has 0 spiro atoms. The third-order valence-electron chi connectivity index (χ3n) is 6.69. The number of carboxylic acid groups (broad SMARTS) is 1. The van der Waals surface area contributed by atoms with Crippen LogP contribution in [0.25, 0.3) is 22.2 Å². The molecular formula is C29H29N3O3. The van der Waals surface area contributed by atoms with Crippen molar-refractivity contribution >= 4 is 28.6 Å². The standard InChI is InChI=1S/C29H29N3O3/c1-2-8-26-30-28-24(31-18-6-5-13-27(31)33)11-7-12-25(28)32(26)19-20-14-16-21(17-15-20)22-9-3-4-10-23(22)29(34)35/h3-4,7,9-12,14-17H,2,5-6,8,13,18-19H2,1H3,(H,34,35). The summed E-state index contributed by atoms with van der Waals surface area (Å²) < 4.78 is 2.25. The number of piperidine rings is 1. The molecule has 1 saturated heterocycles. The van der Waals surface area contributed by atoms with Crippen LogP contribution in [0.1, 0.15) is 54.4 Å². The van der Waals surface area contributed by atoms with Crippen LogP contribution in [0.15, 0.2) is 66.7 Å². The van der Waals surface area contributed by atoms with E-state index in [4.69, 9.17) is 4.98 Å². The van der Waals surface area contributed by atoms with Crippen LogP contribution in [0.3, 0.4) is 0 Å². The molecule has 1 aliphatic rings. The molecule has 0 radical (unpaired) electrons. The highest BCUT2D eigenvalue weighted by Gasteiger charge is 2.23. The molecule has 1 aliphatic heterocycles. The van der Waals surface area contributed by atoms with Crippen molar-refractivity contribution in [2.24, 2.45) is 0 Å². The first kappa shape index (κ1) is 22.8. The van der Waals surface area contributed by atoms with E-state index >= 15 is 0 Å². The molecular weight excluding hydrogens is 438 g/mol. The van der Waals surface area contributed by atoms with E-state index in [1.807, 2.05) is 53.4 Å². The molecule has 5 rings (SSSR count). The van der Waals surface area contributed by atoms with Crippen molar-refractivity contribution in [1.82, 2.24) is 9.55 Å². The number of aromatic nitrogens is 2. The first-order chi connectivity index (χ1) is 17.1. The van der Waals surface area contributed by atoms with Gasteiger partial charge in [0, 0.05) is 25.9 Å². The van der Waals surface area contributed by atoms with Crippen molar-refractivity contribution in [3.8, 4) is 11.1 Å². The fraction of sp³-hybridized carbons (Fsp3) is 0.276. The van der Waals surface area contributed by atoms with Crippen molar-refractivity contribution in [2.75, 3.05) is 11.4 Å². The van der Waals surface area contributed by atoms with Crippen molar-refractivity contribution in [3.63, 3.8) is 0 Å². The number of para-hydroxylation sites is 1. The van der Waals surface area contributed by atoms with Crippen molar-refractivity contribution < 1.29 is 14.7 Å². The predicted octanol–water partition coefficient (Wildman–Crippen LogP) is 5.92. The molecule has 1 N–H and O–H groups in total. The van der Waals surface area contributed by atoms with Crippen LogP contribution in [0, 0.1) is 0 Å². The Kier molecular flexibility index (Phi) is 6.36. The van der Waals surface area contributed by atoms with Crippen LogP contribution in [0.4, 0.5) is 5.69 Å². The van der Waals surface area contributed by atoms with Gasteiger partial charge in [-0.15, -0.1) is 0 Å². The fourth-order valence-electron chi connectivity index (χ4n) is 4.94. The number of amides is 1. The molecule has 4 aromatic rings. The Balaban J connectivity index is 1.50. The van der Waals surface area contributed by atoms with E-state index in [-0.39, 0.29) is 5.91 Å². The average Bonchev–Trinajstić information content (AvgIpc) is 3.22. The number of nitrogens with zero attached hydrogens (tertiary/aromatic N) is 3. The van der Waals surface area contributed by atoms with Crippen LogP contribution in [0.2, 0.25) is 0 Å². The summed E-state index contributed by atoms with van der Waals surface area (Å²) in [5, 5.41) is 9.53. The van der Waals surface area contributed by atoms with Crippen LogP contribution in [-0.2, 0) is 17.8 Å². The van der Waals surface area contributed by atoms with Crippen LogP contribution < -0.4 is 4.90 Å². The molecule has 0 atom stereocenters. The summed E-state index contributed by atoms with van der Waals surface area (Å²) in [7, 11) is 0. The Morgan fingerprint density at radius 1 is 1.00 bits per heavy atom. The molecule has 1 fully saturated rings. The third-order valence-corrected chi connectivity index (χ3v) is 6.69. The molecule has 0 aliphatic carbocycles. The normalized spacial score (nSPS) is 14.0. The minimum absolute atomic E-state index is 0.174. The number of hydrogen-bond donors (Lipinski definition) is 1. The summed E-state index contributed by atoms with van der Waals surface area (Å²) in [4.78, 5) is 31.1. The highest BCUT2D eigenvalue weighted by atomic mass is 16.4. The fourth-order valence-corrected chi connectivity index (χ4v) is 4.94. The van der Waals surface area contributed by atoms with E-state index in [9.17, 15) is 14.7 Å². The van der Waals surface area contributed by atoms with E-state index in [0.717, 1.165) is 65.9 Å². The minimum Gasteiger partial charge on any atom is -0.478 e. The van der Waals surface area contributed by atoms with E-state index < -0.39 is 5.97 Å². The van der Waals surface area contributed by atoms with Gasteiger partial charge in [-0.05, 0) is 54.2 Å². The maximum atomic E-state index is 12.6. The van der Waals surface area contributed by atoms with Gasteiger partial charge < -0.3 is 14.6 Å². The highest BCUT2D eigenvalue weighted by molar-refractivity contribution is 6.02. The van der Waals surface area contributed by atoms with Crippen LogP contribution in [-0.4, -0.2) is 33.1 Å². The largest absolute Gasteiger partial charge is 0.478 e. The van der Waals surface area contributed by atoms with Gasteiger partial charge in [-0.25, -0.2) is 9.78 Å². The molecule has 35 heavy (non-hydrogen) atoms. The second-order valence-electron chi connectivity index (χ2n) is 9.06. The van der Waals surface area contributed by atoms with Gasteiger partial charge in [0.25, 0.3) is 0 Å². The highest BCUT2D eigenvalue weighted by Crippen LogP contribution is 2.31. The average molecular weight is 468 g/mol. The first-order valence-electron chi connectivity index (χ1n) is 12.3. The van der Waals surface area contributed by atoms with Gasteiger partial charge in [-0.1, -0.05) is 55.5 Å². The quantitative estimate of drug-likeness (QED) is 0.366. The predicted molar refractivity (Wildman–Crippen MR) is 138 cm³/mol. The number of carbonyl (C=O) groups excluding carboxylic acids is 1. The van der Waals surface area contributed by atoms with Gasteiger partial charge >= 0.3 is 5.97 Å². The van der Waals surface area contributed by atoms with Gasteiger partial charge in [0.1, 0.15) is 11.3 Å². The van der Waals surface area contributed by atoms with Crippen molar-refractivity contribution in [2.45, 2.75) is 45.6 Å². The molecule has 1 amide bonds. The number of aromatic carboxylic acids is 1. The summed E-state index contributed by atoms with van der Waals surface area (Å²) in [5.74, 6) is 0.258. The third kappa shape index (κ3) is 4.44. The zero-order valence-electron chi connectivity index (χ0n) is 19.9. The number of rotatable bonds is 7. The monoisotopic (exact) mass is 467 g/mol. The van der Waals surface area contributed by atoms with Crippen LogP contribution in [0.5, 0.6) is 0 Å². The van der Waals surface area contributed by atoms with E-state index in [2.05, 4.69) is 17.6 Å². The number of carboxylic acids is 1. The minimum atomic E-state index is -0.929. The van der Waals surface area contributed by atoms with E-state index in [0.29, 0.717) is 24.1 Å². The SMILES string of the molecule is CCCc1nc2c(N3CCCCC3=O)cccc2n1Cc1ccc(-c2ccccc2C(=O)O)cc1. The Morgan fingerprint density at radius 3 is 2.54 bits per heavy atom. The lowest BCUT2D eigenvalue weighted by Gasteiger charge is -2.27. The lowest BCUT2D eigenvalue weighted by Crippen LogP contribution is -2.35. The molecule has 0 saturated carbocycles. The first-order valence-corrected chi connectivity index (χ1v) is 12.3. The number of anilines is 1. The maximum Gasteiger partial charge on any atom is 0.336 e. The topological polar surface area (TPSA) is 75.4 Å². The number of hydrogen-bond acceptors (Lipinski definition) is 3. The van der Waals surface area contributed by atoms with E-state index in [1.165, 1.54) is 0 Å². The Bertz CT molecular complexity index is 1390. The zero-order chi connectivity index (χ0) is 24.4. The molecule has 0 bridgehead atoms. The van der Waals surface area contributed by atoms with Crippen molar-refractivity contribution in [1.29, 1.82) is 0 Å². The maximum absolute atomic E-state index is 12.6. The second kappa shape index (κ2) is 9.74. The lowest BCUT2D eigenvalue weighted by molar-refractivity contribution is -0.119. The van der Waals surface area contributed by atoms with Crippen molar-refractivity contribution in [3.05, 3.63) is 83.7 Å². The van der Waals surface area contributed by atoms with Gasteiger partial charge in [0.15, 0.2) is 0 Å². The number of imidazole rings is 1. The zero-order valence-corrected chi connectivity index (χ0v) is 19.9. The molecule has 178 valence electrons. The van der Waals surface area contributed by atoms with E-state index in [1.54, 1.807) is 12.1 Å². The summed E-state index contributed by atoms with van der Waals surface area (Å²) in [6.45, 7) is 3.55. The van der Waals surface area contributed by atoms with Gasteiger partial charge in [0.2, 0.25) is 5.91 Å². The molecule has 0 unspecified atom stereocenters. The molecule has 6 heteroatoms. The van der Waals surface area contributed by atoms with Gasteiger partial charge in [-0.2, -0.15) is 0 Å². The Morgan fingerprint density at radius 2 is 1.80 bits per heavy atom. The Hall–Kier alpha value is -3.93. The summed E-state index contributed by atoms with van der Waals surface area (Å²) in [6, 6.07) is 21.2. The summed E-state index contributed by atoms with van der Waals surface area (Å²) in [5.41, 5.74) is 5.82. The number of carbonyl (C=O) groups is 2. The Labute approximate surface area is 204 Å². The number of benzene rings is 3.